The molecule has 116 valence electrons. The zero-order chi connectivity index (χ0) is 15.8. The molecule has 0 aliphatic carbocycles. The average Bonchev–Trinajstić information content (AvgIpc) is 2.55. The van der Waals surface area contributed by atoms with E-state index in [1.54, 1.807) is 18.9 Å². The lowest BCUT2D eigenvalue weighted by Crippen LogP contribution is -2.24. The fraction of sp³-hybridized carbons (Fsp3) is 0.278. The molecule has 22 heavy (non-hydrogen) atoms. The van der Waals surface area contributed by atoms with Crippen LogP contribution in [0.5, 0.6) is 5.75 Å². The van der Waals surface area contributed by atoms with Crippen LogP contribution in [0.25, 0.3) is 0 Å². The number of carbonyl (C=O) groups is 1. The predicted molar refractivity (Wildman–Crippen MR) is 92.2 cm³/mol. The summed E-state index contributed by atoms with van der Waals surface area (Å²) in [5, 5.41) is 2.94. The maximum absolute atomic E-state index is 11.9. The molecule has 1 N–H and O–H groups in total. The zero-order valence-corrected chi connectivity index (χ0v) is 13.8. The lowest BCUT2D eigenvalue weighted by atomic mass is 10.1. The van der Waals surface area contributed by atoms with Crippen molar-refractivity contribution in [3.05, 3.63) is 65.2 Å². The van der Waals surface area contributed by atoms with Crippen LogP contribution in [-0.2, 0) is 17.1 Å². The van der Waals surface area contributed by atoms with Crippen LogP contribution in [0, 0.1) is 6.92 Å². The summed E-state index contributed by atoms with van der Waals surface area (Å²) < 4.78 is 5.17. The molecule has 0 bridgehead atoms. The Balaban J connectivity index is 1.73. The largest absolute Gasteiger partial charge is 0.497 e. The van der Waals surface area contributed by atoms with Crippen LogP contribution < -0.4 is 10.1 Å². The number of hydrogen-bond donors (Lipinski definition) is 1. The molecule has 1 amide bonds. The molecular weight excluding hydrogens is 294 g/mol. The van der Waals surface area contributed by atoms with Crippen molar-refractivity contribution in [1.29, 1.82) is 0 Å². The molecule has 0 spiro atoms. The number of rotatable bonds is 7. The Labute approximate surface area is 136 Å². The van der Waals surface area contributed by atoms with E-state index in [-0.39, 0.29) is 5.91 Å². The molecule has 4 heteroatoms. The SMILES string of the molecule is COc1cccc(CNC(=O)CSCc2ccccc2C)c1. The van der Waals surface area contributed by atoms with E-state index in [1.807, 2.05) is 36.4 Å². The van der Waals surface area contributed by atoms with Gasteiger partial charge in [-0.1, -0.05) is 36.4 Å². The van der Waals surface area contributed by atoms with Crippen molar-refractivity contribution in [3.8, 4) is 5.75 Å². The van der Waals surface area contributed by atoms with E-state index in [0.29, 0.717) is 12.3 Å². The normalized spacial score (nSPS) is 10.3. The van der Waals surface area contributed by atoms with Crippen molar-refractivity contribution in [2.45, 2.75) is 19.2 Å². The Morgan fingerprint density at radius 2 is 2.00 bits per heavy atom. The number of benzene rings is 2. The van der Waals surface area contributed by atoms with Gasteiger partial charge in [0.2, 0.25) is 5.91 Å². The summed E-state index contributed by atoms with van der Waals surface area (Å²) in [5.41, 5.74) is 3.59. The fourth-order valence-electron chi connectivity index (χ4n) is 2.06. The molecule has 0 atom stereocenters. The van der Waals surface area contributed by atoms with Gasteiger partial charge in [-0.2, -0.15) is 0 Å². The highest BCUT2D eigenvalue weighted by atomic mass is 32.2. The second-order valence-corrected chi connectivity index (χ2v) is 6.03. The highest BCUT2D eigenvalue weighted by Gasteiger charge is 2.04. The van der Waals surface area contributed by atoms with Crippen molar-refractivity contribution >= 4 is 17.7 Å². The Bertz CT molecular complexity index is 628. The molecule has 2 aromatic rings. The zero-order valence-electron chi connectivity index (χ0n) is 13.0. The topological polar surface area (TPSA) is 38.3 Å². The second kappa shape index (κ2) is 8.49. The number of thioether (sulfide) groups is 1. The standard InChI is InChI=1S/C18H21NO2S/c1-14-6-3-4-8-16(14)12-22-13-18(20)19-11-15-7-5-9-17(10-15)21-2/h3-10H,11-13H2,1-2H3,(H,19,20). The van der Waals surface area contributed by atoms with E-state index in [4.69, 9.17) is 4.74 Å². The van der Waals surface area contributed by atoms with E-state index in [9.17, 15) is 4.79 Å². The molecule has 3 nitrogen and oxygen atoms in total. The number of hydrogen-bond acceptors (Lipinski definition) is 3. The van der Waals surface area contributed by atoms with Gasteiger partial charge in [-0.15, -0.1) is 11.8 Å². The van der Waals surface area contributed by atoms with Crippen LogP contribution in [0.15, 0.2) is 48.5 Å². The second-order valence-electron chi connectivity index (χ2n) is 5.05. The van der Waals surface area contributed by atoms with Crippen molar-refractivity contribution in [1.82, 2.24) is 5.32 Å². The Morgan fingerprint density at radius 3 is 2.77 bits per heavy atom. The number of aryl methyl sites for hydroxylation is 1. The molecule has 0 fully saturated rings. The van der Waals surface area contributed by atoms with Gasteiger partial charge in [0.15, 0.2) is 0 Å². The maximum atomic E-state index is 11.9. The number of methoxy groups -OCH3 is 1. The van der Waals surface area contributed by atoms with Crippen molar-refractivity contribution in [3.63, 3.8) is 0 Å². The van der Waals surface area contributed by atoms with E-state index >= 15 is 0 Å². The first kappa shape index (κ1) is 16.4. The average molecular weight is 315 g/mol. The fourth-order valence-corrected chi connectivity index (χ4v) is 2.99. The van der Waals surface area contributed by atoms with Crippen molar-refractivity contribution in [2.24, 2.45) is 0 Å². The first-order chi connectivity index (χ1) is 10.7. The van der Waals surface area contributed by atoms with Gasteiger partial charge in [0.1, 0.15) is 5.75 Å². The minimum atomic E-state index is 0.0569. The van der Waals surface area contributed by atoms with E-state index in [2.05, 4.69) is 24.4 Å². The third-order valence-electron chi connectivity index (χ3n) is 3.38. The van der Waals surface area contributed by atoms with Gasteiger partial charge < -0.3 is 10.1 Å². The van der Waals surface area contributed by atoms with Gasteiger partial charge in [-0.3, -0.25) is 4.79 Å². The summed E-state index contributed by atoms with van der Waals surface area (Å²) >= 11 is 1.63. The smallest absolute Gasteiger partial charge is 0.230 e. The minimum Gasteiger partial charge on any atom is -0.497 e. The summed E-state index contributed by atoms with van der Waals surface area (Å²) in [4.78, 5) is 11.9. The molecular formula is C18H21NO2S. The monoisotopic (exact) mass is 315 g/mol. The first-order valence-electron chi connectivity index (χ1n) is 7.21. The van der Waals surface area contributed by atoms with Crippen LogP contribution in [-0.4, -0.2) is 18.8 Å². The summed E-state index contributed by atoms with van der Waals surface area (Å²) in [6.45, 7) is 2.62. The molecule has 0 unspecified atom stereocenters. The van der Waals surface area contributed by atoms with Crippen molar-refractivity contribution < 1.29 is 9.53 Å². The van der Waals surface area contributed by atoms with Crippen LogP contribution in [0.4, 0.5) is 0 Å². The molecule has 2 aromatic carbocycles. The lowest BCUT2D eigenvalue weighted by Gasteiger charge is -2.08. The number of carbonyl (C=O) groups excluding carboxylic acids is 1. The number of ether oxygens (including phenoxy) is 1. The highest BCUT2D eigenvalue weighted by Crippen LogP contribution is 2.16. The molecule has 0 aliphatic heterocycles. The third kappa shape index (κ3) is 5.11. The van der Waals surface area contributed by atoms with Gasteiger partial charge in [-0.05, 0) is 35.7 Å². The molecule has 0 radical (unpaired) electrons. The van der Waals surface area contributed by atoms with E-state index in [0.717, 1.165) is 17.1 Å². The predicted octanol–water partition coefficient (Wildman–Crippen LogP) is 3.55. The van der Waals surface area contributed by atoms with E-state index < -0.39 is 0 Å². The van der Waals surface area contributed by atoms with Crippen LogP contribution >= 0.6 is 11.8 Å². The van der Waals surface area contributed by atoms with Crippen LogP contribution in [0.1, 0.15) is 16.7 Å². The maximum Gasteiger partial charge on any atom is 0.230 e. The highest BCUT2D eigenvalue weighted by molar-refractivity contribution is 7.99. The van der Waals surface area contributed by atoms with Crippen molar-refractivity contribution in [2.75, 3.05) is 12.9 Å². The van der Waals surface area contributed by atoms with Gasteiger partial charge in [0.25, 0.3) is 0 Å². The third-order valence-corrected chi connectivity index (χ3v) is 4.36. The lowest BCUT2D eigenvalue weighted by molar-refractivity contribution is -0.118. The van der Waals surface area contributed by atoms with Crippen LogP contribution in [0.3, 0.4) is 0 Å². The Morgan fingerprint density at radius 1 is 1.18 bits per heavy atom. The number of amides is 1. The Hall–Kier alpha value is -1.94. The van der Waals surface area contributed by atoms with Gasteiger partial charge in [0, 0.05) is 12.3 Å². The summed E-state index contributed by atoms with van der Waals surface area (Å²) in [5.74, 6) is 2.19. The molecule has 0 aliphatic rings. The Kier molecular flexibility index (Phi) is 6.34. The quantitative estimate of drug-likeness (QED) is 0.849. The van der Waals surface area contributed by atoms with Crippen LogP contribution in [0.2, 0.25) is 0 Å². The van der Waals surface area contributed by atoms with Gasteiger partial charge in [-0.25, -0.2) is 0 Å². The van der Waals surface area contributed by atoms with Gasteiger partial charge >= 0.3 is 0 Å². The van der Waals surface area contributed by atoms with Gasteiger partial charge in [0.05, 0.1) is 12.9 Å². The summed E-state index contributed by atoms with van der Waals surface area (Å²) in [6, 6.07) is 16.0. The molecule has 2 rings (SSSR count). The minimum absolute atomic E-state index is 0.0569. The number of nitrogens with one attached hydrogen (secondary N) is 1. The van der Waals surface area contributed by atoms with E-state index in [1.165, 1.54) is 11.1 Å². The molecule has 0 saturated heterocycles. The summed E-state index contributed by atoms with van der Waals surface area (Å²) in [6.07, 6.45) is 0. The molecule has 0 heterocycles. The molecule has 0 saturated carbocycles. The first-order valence-corrected chi connectivity index (χ1v) is 8.36. The summed E-state index contributed by atoms with van der Waals surface area (Å²) in [7, 11) is 1.64. The molecule has 0 aromatic heterocycles.